The van der Waals surface area contributed by atoms with Crippen LogP contribution in [0.3, 0.4) is 0 Å². The lowest BCUT2D eigenvalue weighted by Gasteiger charge is -2.31. The molecule has 0 aliphatic carbocycles. The third-order valence-corrected chi connectivity index (χ3v) is 5.12. The lowest BCUT2D eigenvalue weighted by Crippen LogP contribution is -2.40. The molecule has 1 aliphatic rings. The summed E-state index contributed by atoms with van der Waals surface area (Å²) < 4.78 is 1.88. The van der Waals surface area contributed by atoms with Crippen molar-refractivity contribution in [3.63, 3.8) is 0 Å². The van der Waals surface area contributed by atoms with Crippen LogP contribution in [0.2, 0.25) is 0 Å². The van der Waals surface area contributed by atoms with Gasteiger partial charge in [0.25, 0.3) is 5.78 Å². The number of rotatable bonds is 4. The van der Waals surface area contributed by atoms with Gasteiger partial charge in [0.05, 0.1) is 0 Å². The van der Waals surface area contributed by atoms with Gasteiger partial charge in [-0.3, -0.25) is 4.90 Å². The summed E-state index contributed by atoms with van der Waals surface area (Å²) in [5, 5.41) is 4.41. The smallest absolute Gasteiger partial charge is 0.254 e. The van der Waals surface area contributed by atoms with Crippen molar-refractivity contribution in [1.29, 1.82) is 0 Å². The van der Waals surface area contributed by atoms with Gasteiger partial charge in [-0.1, -0.05) is 37.3 Å². The second-order valence-corrected chi connectivity index (χ2v) is 7.05. The summed E-state index contributed by atoms with van der Waals surface area (Å²) in [6, 6.07) is 13.3. The fraction of sp³-hybridized carbons (Fsp3) is 0.450. The number of fused-ring (bicyclic) bond motifs is 1. The molecule has 1 unspecified atom stereocenters. The standard InChI is InChI=1S/C20H26N6/c1-3-18-12-19(26-20(23-18)21-15-22-26)25-11-7-10-24(13-16(25)2)14-17-8-5-4-6-9-17/h4-6,8-9,12,15-16H,3,7,10-11,13-14H2,1-2H3. The van der Waals surface area contributed by atoms with Gasteiger partial charge in [-0.15, -0.1) is 0 Å². The van der Waals surface area contributed by atoms with Crippen LogP contribution in [0.1, 0.15) is 31.5 Å². The molecule has 1 atom stereocenters. The molecule has 0 radical (unpaired) electrons. The van der Waals surface area contributed by atoms with Crippen LogP contribution in [0.25, 0.3) is 5.78 Å². The monoisotopic (exact) mass is 350 g/mol. The molecule has 0 saturated carbocycles. The highest BCUT2D eigenvalue weighted by Crippen LogP contribution is 2.22. The fourth-order valence-corrected chi connectivity index (χ4v) is 3.80. The Hall–Kier alpha value is -2.47. The summed E-state index contributed by atoms with van der Waals surface area (Å²) in [6.07, 6.45) is 3.63. The first kappa shape index (κ1) is 17.0. The van der Waals surface area contributed by atoms with E-state index in [4.69, 9.17) is 0 Å². The van der Waals surface area contributed by atoms with E-state index < -0.39 is 0 Å². The van der Waals surface area contributed by atoms with Crippen LogP contribution >= 0.6 is 0 Å². The summed E-state index contributed by atoms with van der Waals surface area (Å²) in [5.74, 6) is 1.80. The van der Waals surface area contributed by atoms with Gasteiger partial charge in [-0.25, -0.2) is 4.98 Å². The third-order valence-electron chi connectivity index (χ3n) is 5.12. The van der Waals surface area contributed by atoms with Crippen LogP contribution in [-0.2, 0) is 13.0 Å². The number of aryl methyl sites for hydroxylation is 1. The molecule has 6 nitrogen and oxygen atoms in total. The molecule has 136 valence electrons. The lowest BCUT2D eigenvalue weighted by molar-refractivity contribution is 0.268. The molecular weight excluding hydrogens is 324 g/mol. The fourth-order valence-electron chi connectivity index (χ4n) is 3.80. The number of nitrogens with zero attached hydrogens (tertiary/aromatic N) is 6. The Bertz CT molecular complexity index is 859. The van der Waals surface area contributed by atoms with Gasteiger partial charge in [0.2, 0.25) is 0 Å². The molecule has 26 heavy (non-hydrogen) atoms. The highest BCUT2D eigenvalue weighted by Gasteiger charge is 2.24. The Kier molecular flexibility index (Phi) is 4.84. The lowest BCUT2D eigenvalue weighted by atomic mass is 10.2. The Morgan fingerprint density at radius 2 is 2.00 bits per heavy atom. The minimum atomic E-state index is 0.403. The number of hydrogen-bond donors (Lipinski definition) is 0. The molecule has 0 N–H and O–H groups in total. The van der Waals surface area contributed by atoms with E-state index in [1.54, 1.807) is 6.33 Å². The van der Waals surface area contributed by atoms with Crippen molar-refractivity contribution >= 4 is 11.6 Å². The van der Waals surface area contributed by atoms with E-state index in [-0.39, 0.29) is 0 Å². The number of hydrogen-bond acceptors (Lipinski definition) is 5. The molecule has 1 aromatic carbocycles. The zero-order chi connectivity index (χ0) is 17.9. The van der Waals surface area contributed by atoms with Crippen molar-refractivity contribution in [2.45, 2.75) is 39.3 Å². The van der Waals surface area contributed by atoms with Crippen LogP contribution in [0.5, 0.6) is 0 Å². The minimum absolute atomic E-state index is 0.403. The van der Waals surface area contributed by atoms with Gasteiger partial charge < -0.3 is 4.90 Å². The molecule has 3 heterocycles. The zero-order valence-electron chi connectivity index (χ0n) is 15.5. The van der Waals surface area contributed by atoms with E-state index in [9.17, 15) is 0 Å². The molecule has 0 bridgehead atoms. The summed E-state index contributed by atoms with van der Waals surface area (Å²) >= 11 is 0. The molecule has 0 amide bonds. The molecule has 1 aliphatic heterocycles. The highest BCUT2D eigenvalue weighted by molar-refractivity contribution is 5.48. The molecular formula is C20H26N6. The Labute approximate surface area is 154 Å². The van der Waals surface area contributed by atoms with Gasteiger partial charge in [-0.2, -0.15) is 14.6 Å². The van der Waals surface area contributed by atoms with E-state index >= 15 is 0 Å². The first-order valence-corrected chi connectivity index (χ1v) is 9.47. The first-order chi connectivity index (χ1) is 12.7. The average molecular weight is 350 g/mol. The molecule has 1 saturated heterocycles. The zero-order valence-corrected chi connectivity index (χ0v) is 15.5. The molecule has 1 fully saturated rings. The van der Waals surface area contributed by atoms with Crippen molar-refractivity contribution in [2.75, 3.05) is 24.5 Å². The largest absolute Gasteiger partial charge is 0.352 e. The van der Waals surface area contributed by atoms with Crippen molar-refractivity contribution in [2.24, 2.45) is 0 Å². The number of anilines is 1. The quantitative estimate of drug-likeness (QED) is 0.724. The van der Waals surface area contributed by atoms with E-state index in [1.165, 1.54) is 5.56 Å². The van der Waals surface area contributed by atoms with Crippen molar-refractivity contribution < 1.29 is 0 Å². The van der Waals surface area contributed by atoms with Gasteiger partial charge in [-0.05, 0) is 25.3 Å². The first-order valence-electron chi connectivity index (χ1n) is 9.47. The number of aromatic nitrogens is 4. The molecule has 3 aromatic rings. The average Bonchev–Trinajstić information content (AvgIpc) is 3.06. The van der Waals surface area contributed by atoms with Crippen molar-refractivity contribution in [3.8, 4) is 0 Å². The van der Waals surface area contributed by atoms with Crippen molar-refractivity contribution in [1.82, 2.24) is 24.5 Å². The Morgan fingerprint density at radius 1 is 1.15 bits per heavy atom. The van der Waals surface area contributed by atoms with Crippen molar-refractivity contribution in [3.05, 3.63) is 54.0 Å². The van der Waals surface area contributed by atoms with Gasteiger partial charge in [0.15, 0.2) is 0 Å². The predicted octanol–water partition coefficient (Wildman–Crippen LogP) is 2.79. The maximum Gasteiger partial charge on any atom is 0.254 e. The van der Waals surface area contributed by atoms with E-state index in [2.05, 4.69) is 75.1 Å². The third kappa shape index (κ3) is 3.42. The summed E-state index contributed by atoms with van der Waals surface area (Å²) in [6.45, 7) is 8.62. The minimum Gasteiger partial charge on any atom is -0.352 e. The molecule has 2 aromatic heterocycles. The van der Waals surface area contributed by atoms with Crippen LogP contribution < -0.4 is 4.90 Å². The van der Waals surface area contributed by atoms with E-state index in [0.29, 0.717) is 11.8 Å². The van der Waals surface area contributed by atoms with Crippen LogP contribution in [-0.4, -0.2) is 50.2 Å². The predicted molar refractivity (Wildman–Crippen MR) is 103 cm³/mol. The maximum atomic E-state index is 4.58. The number of benzene rings is 1. The Balaban J connectivity index is 1.58. The van der Waals surface area contributed by atoms with E-state index in [1.807, 2.05) is 4.52 Å². The molecule has 6 heteroatoms. The summed E-state index contributed by atoms with van der Waals surface area (Å²) in [5.41, 5.74) is 2.45. The summed E-state index contributed by atoms with van der Waals surface area (Å²) in [7, 11) is 0. The molecule has 4 rings (SSSR count). The van der Waals surface area contributed by atoms with E-state index in [0.717, 1.165) is 50.5 Å². The molecule has 0 spiro atoms. The van der Waals surface area contributed by atoms with Crippen LogP contribution in [0.15, 0.2) is 42.7 Å². The van der Waals surface area contributed by atoms with Crippen LogP contribution in [0.4, 0.5) is 5.82 Å². The van der Waals surface area contributed by atoms with Gasteiger partial charge in [0, 0.05) is 44.0 Å². The highest BCUT2D eigenvalue weighted by atomic mass is 15.4. The van der Waals surface area contributed by atoms with Gasteiger partial charge >= 0.3 is 0 Å². The second kappa shape index (κ2) is 7.41. The topological polar surface area (TPSA) is 49.6 Å². The SMILES string of the molecule is CCc1cc(N2CCCN(Cc3ccccc3)CC2C)n2ncnc2n1. The summed E-state index contributed by atoms with van der Waals surface area (Å²) in [4.78, 5) is 13.9. The normalized spacial score (nSPS) is 19.0. The second-order valence-electron chi connectivity index (χ2n) is 7.05. The maximum absolute atomic E-state index is 4.58. The van der Waals surface area contributed by atoms with Crippen LogP contribution in [0, 0.1) is 0 Å². The Morgan fingerprint density at radius 3 is 2.81 bits per heavy atom. The van der Waals surface area contributed by atoms with Gasteiger partial charge in [0.1, 0.15) is 12.1 Å².